The molecule has 0 atom stereocenters. The van der Waals surface area contributed by atoms with Crippen molar-refractivity contribution in [2.75, 3.05) is 4.90 Å². The zero-order chi connectivity index (χ0) is 14.1. The highest BCUT2D eigenvalue weighted by Crippen LogP contribution is 2.36. The molecule has 1 amide bonds. The topological polar surface area (TPSA) is 20.3 Å². The third-order valence-corrected chi connectivity index (χ3v) is 5.02. The van der Waals surface area contributed by atoms with Crippen LogP contribution in [0, 0.1) is 6.92 Å². The molecular formula is C15H11NOS3. The summed E-state index contributed by atoms with van der Waals surface area (Å²) in [5.74, 6) is -0.0442. The van der Waals surface area contributed by atoms with E-state index in [0.29, 0.717) is 9.23 Å². The van der Waals surface area contributed by atoms with Gasteiger partial charge in [0.15, 0.2) is 4.32 Å². The molecule has 0 bridgehead atoms. The summed E-state index contributed by atoms with van der Waals surface area (Å²) in [6, 6.07) is 11.8. The molecule has 0 saturated carbocycles. The molecule has 0 unspecified atom stereocenters. The Hall–Kier alpha value is -1.43. The van der Waals surface area contributed by atoms with Gasteiger partial charge in [-0.3, -0.25) is 9.69 Å². The summed E-state index contributed by atoms with van der Waals surface area (Å²) < 4.78 is 0.585. The molecule has 1 aromatic heterocycles. The second kappa shape index (κ2) is 5.52. The monoisotopic (exact) mass is 317 g/mol. The number of nitrogens with zero attached hydrogens (tertiary/aromatic N) is 1. The quantitative estimate of drug-likeness (QED) is 0.602. The molecule has 1 saturated heterocycles. The van der Waals surface area contributed by atoms with Crippen LogP contribution in [-0.2, 0) is 4.79 Å². The first kappa shape index (κ1) is 13.5. The maximum absolute atomic E-state index is 12.5. The zero-order valence-corrected chi connectivity index (χ0v) is 13.1. The zero-order valence-electron chi connectivity index (χ0n) is 10.7. The van der Waals surface area contributed by atoms with Gasteiger partial charge in [0, 0.05) is 4.88 Å². The van der Waals surface area contributed by atoms with Gasteiger partial charge in [0.1, 0.15) is 0 Å². The molecule has 2 heterocycles. The van der Waals surface area contributed by atoms with Gasteiger partial charge in [-0.15, -0.1) is 11.3 Å². The third-order valence-electron chi connectivity index (χ3n) is 2.90. The average Bonchev–Trinajstić information content (AvgIpc) is 3.02. The Bertz CT molecular complexity index is 686. The molecule has 2 nitrogen and oxygen atoms in total. The van der Waals surface area contributed by atoms with Gasteiger partial charge >= 0.3 is 0 Å². The summed E-state index contributed by atoms with van der Waals surface area (Å²) in [6.45, 7) is 2.02. The molecule has 1 fully saturated rings. The van der Waals surface area contributed by atoms with Crippen molar-refractivity contribution in [2.45, 2.75) is 6.92 Å². The number of aryl methyl sites for hydroxylation is 1. The lowest BCUT2D eigenvalue weighted by Gasteiger charge is -2.14. The van der Waals surface area contributed by atoms with Crippen molar-refractivity contribution in [1.82, 2.24) is 0 Å². The Kier molecular flexibility index (Phi) is 3.74. The number of hydrogen-bond acceptors (Lipinski definition) is 4. The molecule has 100 valence electrons. The first-order chi connectivity index (χ1) is 9.65. The van der Waals surface area contributed by atoms with E-state index in [9.17, 15) is 4.79 Å². The lowest BCUT2D eigenvalue weighted by Crippen LogP contribution is -2.27. The van der Waals surface area contributed by atoms with E-state index in [4.69, 9.17) is 12.2 Å². The van der Waals surface area contributed by atoms with Crippen molar-refractivity contribution in [3.8, 4) is 0 Å². The number of thioether (sulfide) groups is 1. The van der Waals surface area contributed by atoms with Gasteiger partial charge < -0.3 is 0 Å². The molecule has 20 heavy (non-hydrogen) atoms. The summed E-state index contributed by atoms with van der Waals surface area (Å²) >= 11 is 8.30. The smallest absolute Gasteiger partial charge is 0.268 e. The third kappa shape index (κ3) is 2.57. The fourth-order valence-electron chi connectivity index (χ4n) is 1.89. The Morgan fingerprint density at radius 2 is 1.95 bits per heavy atom. The van der Waals surface area contributed by atoms with Gasteiger partial charge in [-0.1, -0.05) is 47.7 Å². The van der Waals surface area contributed by atoms with Crippen LogP contribution >= 0.6 is 35.3 Å². The van der Waals surface area contributed by atoms with Gasteiger partial charge in [0.2, 0.25) is 0 Å². The molecule has 5 heteroatoms. The summed E-state index contributed by atoms with van der Waals surface area (Å²) in [4.78, 5) is 15.8. The largest absolute Gasteiger partial charge is 0.270 e. The van der Waals surface area contributed by atoms with Gasteiger partial charge in [0.05, 0.1) is 10.6 Å². The molecule has 0 aliphatic carbocycles. The van der Waals surface area contributed by atoms with Crippen molar-refractivity contribution < 1.29 is 4.79 Å². The van der Waals surface area contributed by atoms with E-state index in [1.165, 1.54) is 11.8 Å². The lowest BCUT2D eigenvalue weighted by atomic mass is 10.2. The molecule has 0 N–H and O–H groups in total. The summed E-state index contributed by atoms with van der Waals surface area (Å²) in [6.07, 6.45) is 1.90. The van der Waals surface area contributed by atoms with Crippen LogP contribution in [0.5, 0.6) is 0 Å². The minimum absolute atomic E-state index is 0.0442. The van der Waals surface area contributed by atoms with E-state index >= 15 is 0 Å². The Labute approximate surface area is 131 Å². The van der Waals surface area contributed by atoms with Crippen LogP contribution in [0.15, 0.2) is 46.7 Å². The van der Waals surface area contributed by atoms with Crippen LogP contribution in [0.1, 0.15) is 10.4 Å². The maximum Gasteiger partial charge on any atom is 0.270 e. The van der Waals surface area contributed by atoms with E-state index in [0.717, 1.165) is 16.1 Å². The number of amides is 1. The summed E-state index contributed by atoms with van der Waals surface area (Å²) in [5, 5.41) is 1.99. The van der Waals surface area contributed by atoms with Crippen molar-refractivity contribution in [2.24, 2.45) is 0 Å². The van der Waals surface area contributed by atoms with E-state index in [-0.39, 0.29) is 5.91 Å². The standard InChI is InChI=1S/C15H11NOS3/c1-10-4-6-11(7-5-10)16-14(17)13(20-15(16)18)9-12-3-2-8-19-12/h2-9H,1H3. The van der Waals surface area contributed by atoms with E-state index < -0.39 is 0 Å². The Balaban J connectivity index is 1.93. The first-order valence-corrected chi connectivity index (χ1v) is 8.14. The second-order valence-electron chi connectivity index (χ2n) is 4.37. The number of rotatable bonds is 2. The highest BCUT2D eigenvalue weighted by atomic mass is 32.2. The summed E-state index contributed by atoms with van der Waals surface area (Å²) in [7, 11) is 0. The fraction of sp³-hybridized carbons (Fsp3) is 0.0667. The molecular weight excluding hydrogens is 306 g/mol. The van der Waals surface area contributed by atoms with Crippen molar-refractivity contribution in [1.29, 1.82) is 0 Å². The van der Waals surface area contributed by atoms with Crippen molar-refractivity contribution >= 4 is 57.3 Å². The first-order valence-electron chi connectivity index (χ1n) is 6.03. The minimum Gasteiger partial charge on any atom is -0.268 e. The van der Waals surface area contributed by atoms with Crippen LogP contribution in [0.2, 0.25) is 0 Å². The molecule has 0 radical (unpaired) electrons. The van der Waals surface area contributed by atoms with Crippen LogP contribution in [-0.4, -0.2) is 10.2 Å². The van der Waals surface area contributed by atoms with Crippen LogP contribution in [0.25, 0.3) is 6.08 Å². The number of carbonyl (C=O) groups excluding carboxylic acids is 1. The minimum atomic E-state index is -0.0442. The molecule has 0 spiro atoms. The van der Waals surface area contributed by atoms with Crippen LogP contribution < -0.4 is 4.90 Å². The van der Waals surface area contributed by atoms with Gasteiger partial charge in [-0.05, 0) is 36.6 Å². The highest BCUT2D eigenvalue weighted by molar-refractivity contribution is 8.27. The predicted octanol–water partition coefficient (Wildman–Crippen LogP) is 4.46. The number of benzene rings is 1. The second-order valence-corrected chi connectivity index (χ2v) is 7.02. The lowest BCUT2D eigenvalue weighted by molar-refractivity contribution is -0.113. The number of hydrogen-bond donors (Lipinski definition) is 0. The van der Waals surface area contributed by atoms with Crippen molar-refractivity contribution in [3.63, 3.8) is 0 Å². The predicted molar refractivity (Wildman–Crippen MR) is 91.2 cm³/mol. The van der Waals surface area contributed by atoms with E-state index in [2.05, 4.69) is 0 Å². The Morgan fingerprint density at radius 1 is 1.20 bits per heavy atom. The molecule has 1 aliphatic heterocycles. The number of carbonyl (C=O) groups is 1. The van der Waals surface area contributed by atoms with Gasteiger partial charge in [0.25, 0.3) is 5.91 Å². The Morgan fingerprint density at radius 3 is 2.60 bits per heavy atom. The summed E-state index contributed by atoms with van der Waals surface area (Å²) in [5.41, 5.74) is 1.99. The number of thiocarbonyl (C=S) groups is 1. The fourth-order valence-corrected chi connectivity index (χ4v) is 3.91. The van der Waals surface area contributed by atoms with Gasteiger partial charge in [-0.2, -0.15) is 0 Å². The maximum atomic E-state index is 12.5. The molecule has 1 aliphatic rings. The van der Waals surface area contributed by atoms with Crippen LogP contribution in [0.4, 0.5) is 5.69 Å². The molecule has 1 aromatic carbocycles. The van der Waals surface area contributed by atoms with E-state index in [1.54, 1.807) is 16.2 Å². The van der Waals surface area contributed by atoms with Gasteiger partial charge in [-0.25, -0.2) is 0 Å². The van der Waals surface area contributed by atoms with Crippen molar-refractivity contribution in [3.05, 3.63) is 57.1 Å². The van der Waals surface area contributed by atoms with Crippen LogP contribution in [0.3, 0.4) is 0 Å². The number of anilines is 1. The average molecular weight is 317 g/mol. The SMILES string of the molecule is Cc1ccc(N2C(=O)C(=Cc3cccs3)SC2=S)cc1. The van der Waals surface area contributed by atoms with E-state index in [1.807, 2.05) is 54.8 Å². The normalized spacial score (nSPS) is 17.2. The molecule has 3 rings (SSSR count). The highest BCUT2D eigenvalue weighted by Gasteiger charge is 2.33. The molecule has 2 aromatic rings. The number of thiophene rings is 1.